The summed E-state index contributed by atoms with van der Waals surface area (Å²) >= 11 is 0. The van der Waals surface area contributed by atoms with Crippen LogP contribution in [0.15, 0.2) is 54.4 Å². The molecule has 1 amide bonds. The van der Waals surface area contributed by atoms with Crippen LogP contribution < -0.4 is 15.8 Å². The molecule has 2 aliphatic rings. The summed E-state index contributed by atoms with van der Waals surface area (Å²) in [6.07, 6.45) is 6.19. The Labute approximate surface area is 257 Å². The van der Waals surface area contributed by atoms with Crippen LogP contribution in [-0.2, 0) is 11.3 Å². The fraction of sp³-hybridized carbons (Fsp3) is 0.344. The average Bonchev–Trinajstić information content (AvgIpc) is 3.41. The summed E-state index contributed by atoms with van der Waals surface area (Å²) < 4.78 is 50.2. The molecule has 3 heterocycles. The molecule has 2 aromatic heterocycles. The Hall–Kier alpha value is -4.96. The predicted molar refractivity (Wildman–Crippen MR) is 160 cm³/mol. The van der Waals surface area contributed by atoms with Crippen molar-refractivity contribution in [1.29, 1.82) is 5.26 Å². The molecule has 10 nitrogen and oxygen atoms in total. The number of aromatic nitrogens is 4. The quantitative estimate of drug-likeness (QED) is 0.192. The van der Waals surface area contributed by atoms with Gasteiger partial charge in [0.15, 0.2) is 17.2 Å². The predicted octanol–water partition coefficient (Wildman–Crippen LogP) is 5.26. The van der Waals surface area contributed by atoms with Crippen molar-refractivity contribution in [2.24, 2.45) is 0 Å². The SMILES string of the molecule is CC(C)NC1(C=C(C#N)C(=O)N2CCCC2Cn2nc(-c3ccc(Oc4cccc(F)c4F)cc3F)c3c(N)ncnc32)CC1. The second kappa shape index (κ2) is 11.9. The van der Waals surface area contributed by atoms with Gasteiger partial charge in [-0.15, -0.1) is 0 Å². The number of fused-ring (bicyclic) bond motifs is 1. The van der Waals surface area contributed by atoms with Crippen LogP contribution in [-0.4, -0.2) is 54.7 Å². The number of hydrogen-bond donors (Lipinski definition) is 2. The van der Waals surface area contributed by atoms with Crippen LogP contribution in [0.2, 0.25) is 0 Å². The molecule has 232 valence electrons. The number of nitrogens with one attached hydrogen (secondary N) is 1. The lowest BCUT2D eigenvalue weighted by molar-refractivity contribution is -0.127. The molecule has 0 bridgehead atoms. The van der Waals surface area contributed by atoms with E-state index >= 15 is 4.39 Å². The zero-order chi connectivity index (χ0) is 31.9. The first-order valence-corrected chi connectivity index (χ1v) is 14.7. The fourth-order valence-corrected chi connectivity index (χ4v) is 5.89. The normalized spacial score (nSPS) is 17.6. The maximum atomic E-state index is 15.5. The van der Waals surface area contributed by atoms with Crippen LogP contribution in [0.4, 0.5) is 19.0 Å². The summed E-state index contributed by atoms with van der Waals surface area (Å²) in [7, 11) is 0. The van der Waals surface area contributed by atoms with Crippen LogP contribution in [0.1, 0.15) is 39.5 Å². The second-order valence-corrected chi connectivity index (χ2v) is 11.7. The van der Waals surface area contributed by atoms with E-state index in [1.165, 1.54) is 30.6 Å². The van der Waals surface area contributed by atoms with Crippen LogP contribution in [0.25, 0.3) is 22.3 Å². The molecule has 1 aliphatic carbocycles. The maximum absolute atomic E-state index is 15.5. The van der Waals surface area contributed by atoms with E-state index in [9.17, 15) is 18.8 Å². The molecule has 0 spiro atoms. The van der Waals surface area contributed by atoms with Gasteiger partial charge in [0.2, 0.25) is 5.82 Å². The van der Waals surface area contributed by atoms with Crippen molar-refractivity contribution in [3.05, 3.63) is 71.8 Å². The summed E-state index contributed by atoms with van der Waals surface area (Å²) in [5.41, 5.74) is 6.58. The van der Waals surface area contributed by atoms with Crippen LogP contribution in [0.5, 0.6) is 11.5 Å². The molecule has 1 aliphatic heterocycles. The van der Waals surface area contributed by atoms with Crippen LogP contribution >= 0.6 is 0 Å². The van der Waals surface area contributed by atoms with Gasteiger partial charge in [-0.2, -0.15) is 14.8 Å². The molecule has 13 heteroatoms. The second-order valence-electron chi connectivity index (χ2n) is 11.7. The van der Waals surface area contributed by atoms with E-state index in [2.05, 4.69) is 26.5 Å². The van der Waals surface area contributed by atoms with Gasteiger partial charge >= 0.3 is 0 Å². The molecule has 2 fully saturated rings. The van der Waals surface area contributed by atoms with Gasteiger partial charge in [0.1, 0.15) is 41.0 Å². The third-order valence-corrected chi connectivity index (χ3v) is 8.06. The standard InChI is InChI=1S/C32H31F3N8O2/c1-18(2)40-32(10-11-32)14-19(15-36)31(44)42-12-4-5-20(42)16-43-30-26(29(37)38-17-39-30)28(41-43)22-9-8-21(13-24(22)34)45-25-7-3-6-23(33)27(25)35/h3,6-9,13-14,17-18,20,40H,4-5,10-12,16H2,1-2H3,(H2,37,38,39). The lowest BCUT2D eigenvalue weighted by Crippen LogP contribution is -2.40. The highest BCUT2D eigenvalue weighted by Gasteiger charge is 2.42. The number of nitrogens with zero attached hydrogens (tertiary/aromatic N) is 6. The number of anilines is 1. The zero-order valence-electron chi connectivity index (χ0n) is 24.7. The van der Waals surface area contributed by atoms with Gasteiger partial charge in [0.05, 0.1) is 18.0 Å². The highest BCUT2D eigenvalue weighted by molar-refractivity contribution is 5.99. The van der Waals surface area contributed by atoms with Gasteiger partial charge < -0.3 is 20.7 Å². The largest absolute Gasteiger partial charge is 0.454 e. The van der Waals surface area contributed by atoms with Gasteiger partial charge in [0.25, 0.3) is 5.91 Å². The van der Waals surface area contributed by atoms with Gasteiger partial charge in [0, 0.05) is 29.8 Å². The zero-order valence-corrected chi connectivity index (χ0v) is 24.7. The number of rotatable bonds is 9. The molecular weight excluding hydrogens is 585 g/mol. The first-order chi connectivity index (χ1) is 21.6. The Morgan fingerprint density at radius 1 is 1.22 bits per heavy atom. The number of carbonyl (C=O) groups excluding carboxylic acids is 1. The third-order valence-electron chi connectivity index (χ3n) is 8.06. The van der Waals surface area contributed by atoms with Crippen molar-refractivity contribution in [2.45, 2.75) is 63.7 Å². The van der Waals surface area contributed by atoms with Crippen molar-refractivity contribution < 1.29 is 22.7 Å². The summed E-state index contributed by atoms with van der Waals surface area (Å²) in [4.78, 5) is 23.7. The minimum Gasteiger partial charge on any atom is -0.454 e. The molecular formula is C32H31F3N8O2. The van der Waals surface area contributed by atoms with E-state index in [1.807, 2.05) is 13.8 Å². The molecule has 1 saturated heterocycles. The van der Waals surface area contributed by atoms with Gasteiger partial charge in [-0.05, 0) is 56.0 Å². The fourth-order valence-electron chi connectivity index (χ4n) is 5.89. The van der Waals surface area contributed by atoms with Gasteiger partial charge in [-0.1, -0.05) is 19.9 Å². The highest BCUT2D eigenvalue weighted by Crippen LogP contribution is 2.39. The number of benzene rings is 2. The van der Waals surface area contributed by atoms with E-state index in [0.29, 0.717) is 24.0 Å². The van der Waals surface area contributed by atoms with E-state index in [0.717, 1.165) is 31.4 Å². The van der Waals surface area contributed by atoms with E-state index in [-0.39, 0.29) is 64.2 Å². The number of ether oxygens (including phenoxy) is 1. The summed E-state index contributed by atoms with van der Waals surface area (Å²) in [6.45, 7) is 4.77. The van der Waals surface area contributed by atoms with Crippen molar-refractivity contribution in [1.82, 2.24) is 30.0 Å². The average molecular weight is 617 g/mol. The molecule has 1 atom stereocenters. The molecule has 45 heavy (non-hydrogen) atoms. The Morgan fingerprint density at radius 2 is 2.02 bits per heavy atom. The van der Waals surface area contributed by atoms with Crippen LogP contribution in [0.3, 0.4) is 0 Å². The molecule has 0 radical (unpaired) electrons. The Morgan fingerprint density at radius 3 is 2.73 bits per heavy atom. The minimum absolute atomic E-state index is 0.0493. The summed E-state index contributed by atoms with van der Waals surface area (Å²) in [5.74, 6) is -3.70. The number of nitrogens with two attached hydrogens (primary N) is 1. The van der Waals surface area contributed by atoms with Gasteiger partial charge in [-0.3, -0.25) is 4.79 Å². The van der Waals surface area contributed by atoms with E-state index in [1.54, 1.807) is 15.7 Å². The molecule has 4 aromatic rings. The molecule has 1 unspecified atom stereocenters. The summed E-state index contributed by atoms with van der Waals surface area (Å²) in [5, 5.41) is 18.3. The summed E-state index contributed by atoms with van der Waals surface area (Å²) in [6, 6.07) is 9.33. The third kappa shape index (κ3) is 5.93. The molecule has 2 aromatic carbocycles. The van der Waals surface area contributed by atoms with Crippen molar-refractivity contribution in [3.8, 4) is 28.8 Å². The van der Waals surface area contributed by atoms with Crippen molar-refractivity contribution >= 4 is 22.8 Å². The number of nitriles is 1. The van der Waals surface area contributed by atoms with E-state index < -0.39 is 17.5 Å². The first kappa shape index (κ1) is 30.1. The molecule has 6 rings (SSSR count). The molecule has 3 N–H and O–H groups in total. The number of hydrogen-bond acceptors (Lipinski definition) is 8. The highest BCUT2D eigenvalue weighted by atomic mass is 19.2. The Balaban J connectivity index is 1.29. The van der Waals surface area contributed by atoms with E-state index in [4.69, 9.17) is 10.5 Å². The number of nitrogen functional groups attached to an aromatic ring is 1. The first-order valence-electron chi connectivity index (χ1n) is 14.7. The number of carbonyl (C=O) groups is 1. The maximum Gasteiger partial charge on any atom is 0.264 e. The number of halogens is 3. The molecule has 1 saturated carbocycles. The van der Waals surface area contributed by atoms with Crippen molar-refractivity contribution in [2.75, 3.05) is 12.3 Å². The monoisotopic (exact) mass is 616 g/mol. The minimum atomic E-state index is -1.19. The lowest BCUT2D eigenvalue weighted by atomic mass is 10.1. The van der Waals surface area contributed by atoms with Crippen LogP contribution in [0, 0.1) is 28.8 Å². The number of amides is 1. The van der Waals surface area contributed by atoms with Gasteiger partial charge in [-0.25, -0.2) is 23.4 Å². The number of likely N-dealkylation sites (tertiary alicyclic amines) is 1. The van der Waals surface area contributed by atoms with Crippen molar-refractivity contribution in [3.63, 3.8) is 0 Å². The topological polar surface area (TPSA) is 135 Å². The Bertz CT molecular complexity index is 1860. The Kier molecular flexibility index (Phi) is 7.92. The lowest BCUT2D eigenvalue weighted by Gasteiger charge is -2.25. The smallest absolute Gasteiger partial charge is 0.264 e.